The summed E-state index contributed by atoms with van der Waals surface area (Å²) in [5.74, 6) is 2.55. The van der Waals surface area contributed by atoms with Gasteiger partial charge in [-0.3, -0.25) is 0 Å². The van der Waals surface area contributed by atoms with E-state index in [-0.39, 0.29) is 5.56 Å². The first-order chi connectivity index (χ1) is 12.1. The van der Waals surface area contributed by atoms with Crippen molar-refractivity contribution in [1.29, 1.82) is 0 Å². The van der Waals surface area contributed by atoms with E-state index in [4.69, 9.17) is 0 Å². The maximum absolute atomic E-state index is 14.4. The Morgan fingerprint density at radius 2 is 1.40 bits per heavy atom. The van der Waals surface area contributed by atoms with Crippen molar-refractivity contribution in [1.82, 2.24) is 0 Å². The molecule has 0 fully saturated rings. The zero-order valence-corrected chi connectivity index (χ0v) is 13.3. The van der Waals surface area contributed by atoms with E-state index in [2.05, 4.69) is 17.2 Å². The van der Waals surface area contributed by atoms with E-state index in [1.54, 1.807) is 18.2 Å². The highest BCUT2D eigenvalue weighted by molar-refractivity contribution is 5.65. The standard InChI is InChI=1S/C22H15F2N/c23-22(24)19-8-4-5-9-20(19)25-21(22)15-12-16-10-13-18(14-11-16)17-6-2-1-3-7-17/h1-11,13-14,21,25H. The Balaban J connectivity index is 1.56. The molecule has 3 aromatic carbocycles. The van der Waals surface area contributed by atoms with Gasteiger partial charge in [0.2, 0.25) is 0 Å². The van der Waals surface area contributed by atoms with Crippen molar-refractivity contribution >= 4 is 5.69 Å². The van der Waals surface area contributed by atoms with Gasteiger partial charge in [0, 0.05) is 16.8 Å². The second-order valence-electron chi connectivity index (χ2n) is 5.96. The van der Waals surface area contributed by atoms with Gasteiger partial charge >= 0.3 is 5.92 Å². The summed E-state index contributed by atoms with van der Waals surface area (Å²) in [4.78, 5) is 0. The molecule has 1 aliphatic heterocycles. The number of halogens is 2. The van der Waals surface area contributed by atoms with Crippen LogP contribution >= 0.6 is 0 Å². The number of hydrogen-bond acceptors (Lipinski definition) is 1. The van der Waals surface area contributed by atoms with Crippen molar-refractivity contribution in [2.45, 2.75) is 12.0 Å². The van der Waals surface area contributed by atoms with Crippen LogP contribution < -0.4 is 5.32 Å². The van der Waals surface area contributed by atoms with E-state index in [0.717, 1.165) is 11.1 Å². The average Bonchev–Trinajstić information content (AvgIpc) is 2.92. The summed E-state index contributed by atoms with van der Waals surface area (Å²) < 4.78 is 28.8. The Hall–Kier alpha value is -3.12. The monoisotopic (exact) mass is 331 g/mol. The van der Waals surface area contributed by atoms with Crippen molar-refractivity contribution in [3.8, 4) is 23.0 Å². The molecule has 0 aromatic heterocycles. The molecule has 1 nitrogen and oxygen atoms in total. The number of rotatable bonds is 1. The molecule has 1 atom stereocenters. The number of alkyl halides is 2. The summed E-state index contributed by atoms with van der Waals surface area (Å²) in [5.41, 5.74) is 3.36. The fourth-order valence-electron chi connectivity index (χ4n) is 2.96. The fraction of sp³-hybridized carbons (Fsp3) is 0.0909. The van der Waals surface area contributed by atoms with E-state index < -0.39 is 12.0 Å². The van der Waals surface area contributed by atoms with Crippen molar-refractivity contribution in [3.05, 3.63) is 90.0 Å². The zero-order chi connectivity index (χ0) is 17.3. The van der Waals surface area contributed by atoms with E-state index in [9.17, 15) is 8.78 Å². The molecule has 0 amide bonds. The minimum absolute atomic E-state index is 0.00808. The van der Waals surface area contributed by atoms with Crippen LogP contribution in [-0.2, 0) is 5.92 Å². The van der Waals surface area contributed by atoms with Gasteiger partial charge in [-0.25, -0.2) is 0 Å². The van der Waals surface area contributed by atoms with Gasteiger partial charge in [0.25, 0.3) is 0 Å². The fourth-order valence-corrected chi connectivity index (χ4v) is 2.96. The lowest BCUT2D eigenvalue weighted by molar-refractivity contribution is 0.000140. The molecule has 1 aliphatic rings. The van der Waals surface area contributed by atoms with Gasteiger partial charge in [-0.15, -0.1) is 0 Å². The summed E-state index contributed by atoms with van der Waals surface area (Å²) in [6.45, 7) is 0. The van der Waals surface area contributed by atoms with Crippen LogP contribution in [0.1, 0.15) is 11.1 Å². The quantitative estimate of drug-likeness (QED) is 0.597. The highest BCUT2D eigenvalue weighted by Gasteiger charge is 2.47. The van der Waals surface area contributed by atoms with Crippen molar-refractivity contribution in [2.75, 3.05) is 5.32 Å². The second kappa shape index (κ2) is 6.07. The topological polar surface area (TPSA) is 12.0 Å². The molecule has 0 bridgehead atoms. The van der Waals surface area contributed by atoms with Crippen LogP contribution in [0.25, 0.3) is 11.1 Å². The number of hydrogen-bond donors (Lipinski definition) is 1. The molecule has 1 unspecified atom stereocenters. The van der Waals surface area contributed by atoms with E-state index in [1.807, 2.05) is 54.6 Å². The molecule has 3 heteroatoms. The molecule has 0 saturated heterocycles. The highest BCUT2D eigenvalue weighted by atomic mass is 19.3. The molecule has 1 heterocycles. The Morgan fingerprint density at radius 1 is 0.760 bits per heavy atom. The van der Waals surface area contributed by atoms with Gasteiger partial charge in [0.05, 0.1) is 0 Å². The zero-order valence-electron chi connectivity index (χ0n) is 13.3. The maximum atomic E-state index is 14.4. The highest BCUT2D eigenvalue weighted by Crippen LogP contribution is 2.43. The molecule has 1 N–H and O–H groups in total. The van der Waals surface area contributed by atoms with Crippen molar-refractivity contribution in [3.63, 3.8) is 0 Å². The molecule has 0 aliphatic carbocycles. The van der Waals surface area contributed by atoms with Gasteiger partial charge in [0.1, 0.15) is 0 Å². The largest absolute Gasteiger partial charge is 0.366 e. The van der Waals surface area contributed by atoms with Crippen LogP contribution in [0.15, 0.2) is 78.9 Å². The van der Waals surface area contributed by atoms with Crippen LogP contribution in [0.4, 0.5) is 14.5 Å². The van der Waals surface area contributed by atoms with Gasteiger partial charge in [0.15, 0.2) is 6.04 Å². The molecule has 0 saturated carbocycles. The second-order valence-corrected chi connectivity index (χ2v) is 5.96. The number of benzene rings is 3. The summed E-state index contributed by atoms with van der Waals surface area (Å²) in [6.07, 6.45) is 0. The number of para-hydroxylation sites is 1. The van der Waals surface area contributed by atoms with Crippen LogP contribution in [0.2, 0.25) is 0 Å². The molecule has 0 spiro atoms. The van der Waals surface area contributed by atoms with Gasteiger partial charge in [-0.2, -0.15) is 8.78 Å². The number of nitrogens with one attached hydrogen (secondary N) is 1. The molecular weight excluding hydrogens is 316 g/mol. The molecule has 122 valence electrons. The third kappa shape index (κ3) is 2.88. The lowest BCUT2D eigenvalue weighted by Gasteiger charge is -2.13. The van der Waals surface area contributed by atoms with Gasteiger partial charge in [-0.1, -0.05) is 72.5 Å². The van der Waals surface area contributed by atoms with Crippen molar-refractivity contribution in [2.24, 2.45) is 0 Å². The molecular formula is C22H15F2N. The number of fused-ring (bicyclic) bond motifs is 1. The molecule has 3 aromatic rings. The minimum atomic E-state index is -2.99. The predicted octanol–water partition coefficient (Wildman–Crippen LogP) is 5.29. The third-order valence-corrected chi connectivity index (χ3v) is 4.30. The van der Waals surface area contributed by atoms with Crippen molar-refractivity contribution < 1.29 is 8.78 Å². The molecule has 4 rings (SSSR count). The first-order valence-electron chi connectivity index (χ1n) is 8.05. The molecule has 0 radical (unpaired) electrons. The average molecular weight is 331 g/mol. The normalized spacial score (nSPS) is 17.1. The van der Waals surface area contributed by atoms with Crippen LogP contribution in [0.5, 0.6) is 0 Å². The lowest BCUT2D eigenvalue weighted by atomic mass is 10.0. The summed E-state index contributed by atoms with van der Waals surface area (Å²) in [6, 6.07) is 22.8. The first kappa shape index (κ1) is 15.4. The predicted molar refractivity (Wildman–Crippen MR) is 96.5 cm³/mol. The summed E-state index contributed by atoms with van der Waals surface area (Å²) in [5, 5.41) is 2.81. The Labute approximate surface area is 145 Å². The van der Waals surface area contributed by atoms with Gasteiger partial charge < -0.3 is 5.32 Å². The smallest absolute Gasteiger partial charge is 0.306 e. The Morgan fingerprint density at radius 3 is 2.12 bits per heavy atom. The van der Waals surface area contributed by atoms with E-state index in [0.29, 0.717) is 11.3 Å². The first-order valence-corrected chi connectivity index (χ1v) is 8.05. The van der Waals surface area contributed by atoms with Crippen LogP contribution in [-0.4, -0.2) is 6.04 Å². The summed E-state index contributed by atoms with van der Waals surface area (Å²) >= 11 is 0. The van der Waals surface area contributed by atoms with Crippen LogP contribution in [0, 0.1) is 11.8 Å². The lowest BCUT2D eigenvalue weighted by Crippen LogP contribution is -2.29. The van der Waals surface area contributed by atoms with Crippen LogP contribution in [0.3, 0.4) is 0 Å². The Kier molecular flexibility index (Phi) is 3.74. The Bertz CT molecular complexity index is 951. The van der Waals surface area contributed by atoms with E-state index in [1.165, 1.54) is 6.07 Å². The third-order valence-electron chi connectivity index (χ3n) is 4.30. The summed E-state index contributed by atoms with van der Waals surface area (Å²) in [7, 11) is 0. The maximum Gasteiger partial charge on any atom is 0.306 e. The van der Waals surface area contributed by atoms with Gasteiger partial charge in [-0.05, 0) is 29.3 Å². The number of anilines is 1. The minimum Gasteiger partial charge on any atom is -0.366 e. The molecule has 25 heavy (non-hydrogen) atoms. The SMILES string of the molecule is FC1(F)c2ccccc2NC1C#Cc1ccc(-c2ccccc2)cc1. The van der Waals surface area contributed by atoms with E-state index >= 15 is 0 Å².